The van der Waals surface area contributed by atoms with Crippen molar-refractivity contribution in [1.29, 1.82) is 0 Å². The predicted octanol–water partition coefficient (Wildman–Crippen LogP) is 4.46. The third-order valence-corrected chi connectivity index (χ3v) is 3.82. The van der Waals surface area contributed by atoms with Gasteiger partial charge in [0.15, 0.2) is 0 Å². The van der Waals surface area contributed by atoms with Crippen LogP contribution < -0.4 is 5.32 Å². The van der Waals surface area contributed by atoms with E-state index in [2.05, 4.69) is 42.2 Å². The van der Waals surface area contributed by atoms with E-state index in [4.69, 9.17) is 16.3 Å². The van der Waals surface area contributed by atoms with Gasteiger partial charge in [-0.25, -0.2) is 4.98 Å². The van der Waals surface area contributed by atoms with E-state index in [0.717, 1.165) is 20.9 Å². The van der Waals surface area contributed by atoms with Gasteiger partial charge in [0.1, 0.15) is 12.4 Å². The number of nitrogens with one attached hydrogen (secondary N) is 1. The lowest BCUT2D eigenvalue weighted by Crippen LogP contribution is -2.19. The number of aromatic nitrogens is 1. The largest absolute Gasteiger partial charge is 0.371 e. The lowest BCUT2D eigenvalue weighted by Gasteiger charge is -2.06. The normalized spacial score (nSPS) is 10.5. The smallest absolute Gasteiger partial charge is 0.251 e. The maximum atomic E-state index is 11.7. The van der Waals surface area contributed by atoms with E-state index in [1.54, 1.807) is 12.1 Å². The quantitative estimate of drug-likeness (QED) is 0.664. The maximum Gasteiger partial charge on any atom is 0.251 e. The van der Waals surface area contributed by atoms with Crippen LogP contribution in [-0.4, -0.2) is 24.1 Å². The Hall–Kier alpha value is -0.950. The Bertz CT molecular complexity index is 630. The van der Waals surface area contributed by atoms with Gasteiger partial charge in [0.25, 0.3) is 5.91 Å². The Balaban J connectivity index is 1.71. The molecule has 1 aromatic heterocycles. The van der Waals surface area contributed by atoms with Gasteiger partial charge in [0, 0.05) is 15.1 Å². The summed E-state index contributed by atoms with van der Waals surface area (Å²) in [4.78, 5) is 15.7. The molecule has 0 saturated heterocycles. The van der Waals surface area contributed by atoms with Crippen LogP contribution in [0.5, 0.6) is 0 Å². The highest BCUT2D eigenvalue weighted by atomic mass is 79.9. The molecule has 7 heteroatoms. The zero-order valence-corrected chi connectivity index (χ0v) is 15.4. The molecule has 0 aliphatic carbocycles. The average molecular weight is 449 g/mol. The van der Waals surface area contributed by atoms with Gasteiger partial charge in [-0.05, 0) is 42.3 Å². The number of carbonyl (C=O) groups excluding carboxylic acids is 1. The average Bonchev–Trinajstić information content (AvgIpc) is 2.45. The van der Waals surface area contributed by atoms with Crippen molar-refractivity contribution in [3.63, 3.8) is 0 Å². The molecule has 1 amide bonds. The monoisotopic (exact) mass is 446 g/mol. The van der Waals surface area contributed by atoms with Crippen molar-refractivity contribution >= 4 is 55.2 Å². The van der Waals surface area contributed by atoms with Crippen LogP contribution in [0.15, 0.2) is 45.5 Å². The molecule has 0 atom stereocenters. The van der Waals surface area contributed by atoms with Crippen molar-refractivity contribution in [2.24, 2.45) is 0 Å². The zero-order chi connectivity index (χ0) is 15.9. The van der Waals surface area contributed by atoms with Gasteiger partial charge < -0.3 is 10.1 Å². The minimum Gasteiger partial charge on any atom is -0.371 e. The second-order valence-corrected chi connectivity index (χ2v) is 6.76. The van der Waals surface area contributed by atoms with E-state index in [9.17, 15) is 4.79 Å². The van der Waals surface area contributed by atoms with Crippen molar-refractivity contribution in [3.05, 3.63) is 56.1 Å². The molecule has 4 nitrogen and oxygen atoms in total. The van der Waals surface area contributed by atoms with Crippen LogP contribution in [0.1, 0.15) is 5.56 Å². The fraction of sp³-hybridized carbons (Fsp3) is 0.200. The molecule has 0 aliphatic rings. The molecule has 0 unspecified atom stereocenters. The van der Waals surface area contributed by atoms with E-state index in [1.165, 1.54) is 6.20 Å². The van der Waals surface area contributed by atoms with Crippen molar-refractivity contribution in [2.75, 3.05) is 18.5 Å². The van der Waals surface area contributed by atoms with Crippen LogP contribution in [-0.2, 0) is 16.0 Å². The first-order chi connectivity index (χ1) is 10.5. The Morgan fingerprint density at radius 2 is 1.95 bits per heavy atom. The lowest BCUT2D eigenvalue weighted by molar-refractivity contribution is -0.120. The molecule has 2 rings (SSSR count). The van der Waals surface area contributed by atoms with Crippen LogP contribution in [0.4, 0.5) is 5.82 Å². The van der Waals surface area contributed by atoms with Crippen LogP contribution in [0.3, 0.4) is 0 Å². The van der Waals surface area contributed by atoms with E-state index in [0.29, 0.717) is 17.4 Å². The molecular weight excluding hydrogens is 435 g/mol. The first kappa shape index (κ1) is 17.4. The van der Waals surface area contributed by atoms with Crippen LogP contribution in [0, 0.1) is 0 Å². The fourth-order valence-corrected chi connectivity index (χ4v) is 3.24. The summed E-state index contributed by atoms with van der Waals surface area (Å²) >= 11 is 12.6. The first-order valence-corrected chi connectivity index (χ1v) is 8.43. The highest BCUT2D eigenvalue weighted by molar-refractivity contribution is 9.11. The molecular formula is C15H13Br2ClN2O2. The lowest BCUT2D eigenvalue weighted by atomic mass is 10.2. The number of amides is 1. The molecule has 0 bridgehead atoms. The molecule has 0 saturated carbocycles. The predicted molar refractivity (Wildman–Crippen MR) is 94.2 cm³/mol. The Labute approximate surface area is 150 Å². The highest BCUT2D eigenvalue weighted by Crippen LogP contribution is 2.20. The number of anilines is 1. The molecule has 2 aromatic rings. The second-order valence-electron chi connectivity index (χ2n) is 4.49. The summed E-state index contributed by atoms with van der Waals surface area (Å²) in [5.74, 6) is 0.208. The standard InChI is InChI=1S/C15H13Br2ClN2O2/c16-11-5-10(6-12(17)7-11)3-4-22-9-15(21)20-14-2-1-13(18)8-19-14/h1-2,5-8H,3-4,9H2,(H,19,20,21). The zero-order valence-electron chi connectivity index (χ0n) is 11.5. The van der Waals surface area contributed by atoms with E-state index in [-0.39, 0.29) is 12.5 Å². The minimum atomic E-state index is -0.245. The molecule has 116 valence electrons. The summed E-state index contributed by atoms with van der Waals surface area (Å²) in [5, 5.41) is 3.16. The van der Waals surface area contributed by atoms with Crippen LogP contribution >= 0.6 is 43.5 Å². The molecule has 1 aromatic carbocycles. The van der Waals surface area contributed by atoms with Crippen molar-refractivity contribution < 1.29 is 9.53 Å². The van der Waals surface area contributed by atoms with Crippen molar-refractivity contribution in [2.45, 2.75) is 6.42 Å². The number of benzene rings is 1. The third-order valence-electron chi connectivity index (χ3n) is 2.69. The molecule has 0 fully saturated rings. The van der Waals surface area contributed by atoms with Gasteiger partial charge in [0.2, 0.25) is 0 Å². The Kier molecular flexibility index (Phi) is 6.82. The molecule has 0 aliphatic heterocycles. The number of halogens is 3. The molecule has 22 heavy (non-hydrogen) atoms. The van der Waals surface area contributed by atoms with Crippen LogP contribution in [0.25, 0.3) is 0 Å². The van der Waals surface area contributed by atoms with Gasteiger partial charge in [0.05, 0.1) is 11.6 Å². The van der Waals surface area contributed by atoms with Gasteiger partial charge >= 0.3 is 0 Å². The van der Waals surface area contributed by atoms with Gasteiger partial charge in [-0.1, -0.05) is 43.5 Å². The SMILES string of the molecule is O=C(COCCc1cc(Br)cc(Br)c1)Nc1ccc(Cl)cn1. The highest BCUT2D eigenvalue weighted by Gasteiger charge is 2.04. The first-order valence-electron chi connectivity index (χ1n) is 6.47. The summed E-state index contributed by atoms with van der Waals surface area (Å²) in [6.07, 6.45) is 2.20. The van der Waals surface area contributed by atoms with Crippen LogP contribution in [0.2, 0.25) is 5.02 Å². The van der Waals surface area contributed by atoms with E-state index < -0.39 is 0 Å². The molecule has 0 spiro atoms. The second kappa shape index (κ2) is 8.62. The van der Waals surface area contributed by atoms with Crippen molar-refractivity contribution in [3.8, 4) is 0 Å². The summed E-state index contributed by atoms with van der Waals surface area (Å²) in [7, 11) is 0. The number of rotatable bonds is 6. The number of pyridine rings is 1. The number of carbonyl (C=O) groups is 1. The maximum absolute atomic E-state index is 11.7. The summed E-state index contributed by atoms with van der Waals surface area (Å²) in [5.41, 5.74) is 1.13. The molecule has 0 radical (unpaired) electrons. The number of hydrogen-bond acceptors (Lipinski definition) is 3. The fourth-order valence-electron chi connectivity index (χ4n) is 1.74. The number of hydrogen-bond donors (Lipinski definition) is 1. The minimum absolute atomic E-state index is 0.0144. The molecule has 1 heterocycles. The third kappa shape index (κ3) is 6.04. The van der Waals surface area contributed by atoms with Gasteiger partial charge in [-0.15, -0.1) is 0 Å². The Morgan fingerprint density at radius 1 is 1.23 bits per heavy atom. The number of ether oxygens (including phenoxy) is 1. The number of nitrogens with zero attached hydrogens (tertiary/aromatic N) is 1. The van der Waals surface area contributed by atoms with E-state index in [1.807, 2.05) is 18.2 Å². The summed E-state index contributed by atoms with van der Waals surface area (Å²) in [6, 6.07) is 9.31. The van der Waals surface area contributed by atoms with Crippen molar-refractivity contribution in [1.82, 2.24) is 4.98 Å². The van der Waals surface area contributed by atoms with E-state index >= 15 is 0 Å². The topological polar surface area (TPSA) is 51.2 Å². The van der Waals surface area contributed by atoms with Gasteiger partial charge in [-0.3, -0.25) is 4.79 Å². The molecule has 1 N–H and O–H groups in total. The Morgan fingerprint density at radius 3 is 2.59 bits per heavy atom. The summed E-state index contributed by atoms with van der Waals surface area (Å²) in [6.45, 7) is 0.448. The van der Waals surface area contributed by atoms with Gasteiger partial charge in [-0.2, -0.15) is 0 Å². The summed E-state index contributed by atoms with van der Waals surface area (Å²) < 4.78 is 7.38.